The van der Waals surface area contributed by atoms with Crippen LogP contribution in [-0.2, 0) is 23.1 Å². The van der Waals surface area contributed by atoms with Crippen molar-refractivity contribution in [2.24, 2.45) is 0 Å². The van der Waals surface area contributed by atoms with Crippen LogP contribution in [0.3, 0.4) is 0 Å². The van der Waals surface area contributed by atoms with E-state index >= 15 is 0 Å². The fraction of sp³-hybridized carbons (Fsp3) is 0.500. The number of hydrogen-bond donors (Lipinski definition) is 3. The van der Waals surface area contributed by atoms with Crippen molar-refractivity contribution in [2.45, 2.75) is 31.8 Å². The molecule has 0 unspecified atom stereocenters. The van der Waals surface area contributed by atoms with Gasteiger partial charge in [0, 0.05) is 12.1 Å². The summed E-state index contributed by atoms with van der Waals surface area (Å²) in [5.74, 6) is 1.20. The normalized spacial score (nSPS) is 11.9. The molecule has 9 nitrogen and oxygen atoms in total. The largest absolute Gasteiger partial charge is 0.465 e. The summed E-state index contributed by atoms with van der Waals surface area (Å²) in [6, 6.07) is 0. The number of aromatic nitrogens is 4. The minimum absolute atomic E-state index is 0.0402. The summed E-state index contributed by atoms with van der Waals surface area (Å²) in [6.07, 6.45) is 0. The third-order valence-electron chi connectivity index (χ3n) is 2.76. The highest BCUT2D eigenvalue weighted by Gasteiger charge is 2.26. The summed E-state index contributed by atoms with van der Waals surface area (Å²) >= 11 is 0. The maximum absolute atomic E-state index is 12.4. The first kappa shape index (κ1) is 14.6. The number of rotatable bonds is 6. The highest BCUT2D eigenvalue weighted by Crippen LogP contribution is 2.26. The Morgan fingerprint density at radius 2 is 2.00 bits per heavy atom. The summed E-state index contributed by atoms with van der Waals surface area (Å²) in [5.41, 5.74) is 0.616. The molecule has 0 radical (unpaired) electrons. The summed E-state index contributed by atoms with van der Waals surface area (Å²) < 4.78 is 32.6. The van der Waals surface area contributed by atoms with Gasteiger partial charge >= 0.3 is 0 Å². The van der Waals surface area contributed by atoms with Gasteiger partial charge in [-0.05, 0) is 20.9 Å². The van der Waals surface area contributed by atoms with E-state index in [-0.39, 0.29) is 17.3 Å². The number of H-pyrrole nitrogens is 1. The van der Waals surface area contributed by atoms with Crippen LogP contribution in [0, 0.1) is 13.8 Å². The predicted molar refractivity (Wildman–Crippen MR) is 69.1 cm³/mol. The number of aromatic amines is 1. The lowest BCUT2D eigenvalue weighted by Gasteiger charge is -2.06. The Morgan fingerprint density at radius 1 is 1.25 bits per heavy atom. The van der Waals surface area contributed by atoms with E-state index in [4.69, 9.17) is 4.42 Å². The van der Waals surface area contributed by atoms with E-state index in [9.17, 15) is 8.42 Å². The number of tetrazole rings is 1. The quantitative estimate of drug-likeness (QED) is 0.663. The van der Waals surface area contributed by atoms with E-state index in [0.29, 0.717) is 23.6 Å². The van der Waals surface area contributed by atoms with Gasteiger partial charge in [0.05, 0.1) is 6.54 Å². The fourth-order valence-corrected chi connectivity index (χ4v) is 3.36. The Balaban J connectivity index is 2.29. The van der Waals surface area contributed by atoms with E-state index < -0.39 is 10.0 Å². The van der Waals surface area contributed by atoms with Crippen molar-refractivity contribution in [2.75, 3.05) is 7.05 Å². The molecule has 0 fully saturated rings. The Hall–Kier alpha value is -1.78. The fourth-order valence-electron chi connectivity index (χ4n) is 1.93. The molecule has 3 N–H and O–H groups in total. The maximum Gasteiger partial charge on any atom is 0.244 e. The van der Waals surface area contributed by atoms with Gasteiger partial charge in [-0.1, -0.05) is 5.21 Å². The van der Waals surface area contributed by atoms with Gasteiger partial charge in [0.1, 0.15) is 16.4 Å². The molecule has 0 amide bonds. The lowest BCUT2D eigenvalue weighted by molar-refractivity contribution is 0.493. The Bertz CT molecular complexity index is 676. The second-order valence-electron chi connectivity index (χ2n) is 4.21. The summed E-state index contributed by atoms with van der Waals surface area (Å²) in [7, 11) is -1.96. The number of hydrogen-bond acceptors (Lipinski definition) is 7. The number of nitrogens with zero attached hydrogens (tertiary/aromatic N) is 3. The Morgan fingerprint density at radius 3 is 2.60 bits per heavy atom. The molecule has 0 saturated heterocycles. The molecule has 2 heterocycles. The van der Waals surface area contributed by atoms with Crippen LogP contribution in [0.2, 0.25) is 0 Å². The first-order valence-electron chi connectivity index (χ1n) is 5.91. The lowest BCUT2D eigenvalue weighted by atomic mass is 10.2. The van der Waals surface area contributed by atoms with Crippen LogP contribution in [0.1, 0.15) is 22.9 Å². The molecule has 0 atom stereocenters. The van der Waals surface area contributed by atoms with Crippen molar-refractivity contribution < 1.29 is 12.8 Å². The van der Waals surface area contributed by atoms with Crippen LogP contribution in [-0.4, -0.2) is 36.1 Å². The molecule has 110 valence electrons. The summed E-state index contributed by atoms with van der Waals surface area (Å²) in [6.45, 7) is 3.72. The SMILES string of the molecule is CNCc1c(C)oc(C)c1S(=O)(=O)NCc1nn[nH]n1. The van der Waals surface area contributed by atoms with Gasteiger partial charge in [-0.15, -0.1) is 10.2 Å². The Labute approximate surface area is 116 Å². The number of aryl methyl sites for hydroxylation is 2. The molecule has 2 aromatic heterocycles. The van der Waals surface area contributed by atoms with Crippen LogP contribution < -0.4 is 10.0 Å². The van der Waals surface area contributed by atoms with Crippen molar-refractivity contribution in [3.8, 4) is 0 Å². The monoisotopic (exact) mass is 300 g/mol. The van der Waals surface area contributed by atoms with Crippen molar-refractivity contribution in [1.29, 1.82) is 0 Å². The average molecular weight is 300 g/mol. The van der Waals surface area contributed by atoms with Crippen LogP contribution in [0.15, 0.2) is 9.31 Å². The first-order valence-corrected chi connectivity index (χ1v) is 7.39. The van der Waals surface area contributed by atoms with Gasteiger partial charge in [-0.2, -0.15) is 5.21 Å². The Kier molecular flexibility index (Phi) is 4.16. The second kappa shape index (κ2) is 5.69. The lowest BCUT2D eigenvalue weighted by Crippen LogP contribution is -2.25. The van der Waals surface area contributed by atoms with Crippen molar-refractivity contribution in [1.82, 2.24) is 30.7 Å². The van der Waals surface area contributed by atoms with Crippen LogP contribution in [0.25, 0.3) is 0 Å². The molecule has 0 spiro atoms. The highest BCUT2D eigenvalue weighted by molar-refractivity contribution is 7.89. The minimum Gasteiger partial charge on any atom is -0.465 e. The molecule has 2 rings (SSSR count). The molecular formula is C10H16N6O3S. The summed E-state index contributed by atoms with van der Waals surface area (Å²) in [4.78, 5) is 0.160. The average Bonchev–Trinajstić information content (AvgIpc) is 2.97. The number of sulfonamides is 1. The van der Waals surface area contributed by atoms with Crippen molar-refractivity contribution in [3.05, 3.63) is 22.9 Å². The molecule has 0 aromatic carbocycles. The number of nitrogens with one attached hydrogen (secondary N) is 3. The molecule has 0 aliphatic heterocycles. The standard InChI is InChI=1S/C10H16N6O3S/c1-6-8(4-11-3)10(7(2)19-6)20(17,18)12-5-9-13-15-16-14-9/h11-12H,4-5H2,1-3H3,(H,13,14,15,16). The van der Waals surface area contributed by atoms with Crippen LogP contribution >= 0.6 is 0 Å². The van der Waals surface area contributed by atoms with Gasteiger partial charge in [-0.25, -0.2) is 13.1 Å². The number of furan rings is 1. The van der Waals surface area contributed by atoms with Gasteiger partial charge in [-0.3, -0.25) is 0 Å². The molecule has 2 aromatic rings. The molecular weight excluding hydrogens is 284 g/mol. The zero-order chi connectivity index (χ0) is 14.8. The van der Waals surface area contributed by atoms with Gasteiger partial charge in [0.2, 0.25) is 10.0 Å². The molecule has 10 heteroatoms. The third kappa shape index (κ3) is 2.86. The van der Waals surface area contributed by atoms with E-state index in [0.717, 1.165) is 0 Å². The smallest absolute Gasteiger partial charge is 0.244 e. The van der Waals surface area contributed by atoms with E-state index in [1.165, 1.54) is 0 Å². The third-order valence-corrected chi connectivity index (χ3v) is 4.35. The second-order valence-corrected chi connectivity index (χ2v) is 5.91. The summed E-state index contributed by atoms with van der Waals surface area (Å²) in [5, 5.41) is 15.9. The highest BCUT2D eigenvalue weighted by atomic mass is 32.2. The van der Waals surface area contributed by atoms with Crippen LogP contribution in [0.4, 0.5) is 0 Å². The van der Waals surface area contributed by atoms with Gasteiger partial charge < -0.3 is 9.73 Å². The molecule has 20 heavy (non-hydrogen) atoms. The topological polar surface area (TPSA) is 126 Å². The molecule has 0 aliphatic carbocycles. The molecule has 0 saturated carbocycles. The zero-order valence-corrected chi connectivity index (χ0v) is 12.2. The van der Waals surface area contributed by atoms with Gasteiger partial charge in [0.25, 0.3) is 0 Å². The van der Waals surface area contributed by atoms with E-state index in [1.54, 1.807) is 20.9 Å². The minimum atomic E-state index is -3.70. The van der Waals surface area contributed by atoms with E-state index in [1.807, 2.05) is 0 Å². The molecule has 0 aliphatic rings. The zero-order valence-electron chi connectivity index (χ0n) is 11.4. The maximum atomic E-state index is 12.4. The van der Waals surface area contributed by atoms with Crippen molar-refractivity contribution >= 4 is 10.0 Å². The first-order chi connectivity index (χ1) is 9.45. The predicted octanol–water partition coefficient (Wildman–Crippen LogP) is -0.393. The van der Waals surface area contributed by atoms with Gasteiger partial charge in [0.15, 0.2) is 5.82 Å². The van der Waals surface area contributed by atoms with E-state index in [2.05, 4.69) is 30.7 Å². The molecule has 0 bridgehead atoms. The van der Waals surface area contributed by atoms with Crippen molar-refractivity contribution in [3.63, 3.8) is 0 Å². The van der Waals surface area contributed by atoms with Crippen LogP contribution in [0.5, 0.6) is 0 Å².